The first-order valence-electron chi connectivity index (χ1n) is 9.07. The molecule has 6 nitrogen and oxygen atoms in total. The van der Waals surface area contributed by atoms with Gasteiger partial charge in [0.15, 0.2) is 11.5 Å². The molecule has 2 aromatic rings. The average Bonchev–Trinajstić information content (AvgIpc) is 2.71. The summed E-state index contributed by atoms with van der Waals surface area (Å²) < 4.78 is 10.6. The zero-order valence-electron chi connectivity index (χ0n) is 16.0. The predicted octanol–water partition coefficient (Wildman–Crippen LogP) is 3.51. The van der Waals surface area contributed by atoms with Gasteiger partial charge < -0.3 is 14.4 Å². The number of ether oxygens (including phenoxy) is 2. The Bertz CT molecular complexity index is 783. The molecule has 1 atom stereocenters. The molecule has 27 heavy (non-hydrogen) atoms. The van der Waals surface area contributed by atoms with E-state index in [0.717, 1.165) is 35.8 Å². The zero-order valence-corrected chi connectivity index (χ0v) is 16.8. The van der Waals surface area contributed by atoms with E-state index >= 15 is 0 Å². The first kappa shape index (κ1) is 19.5. The molecule has 0 unspecified atom stereocenters. The van der Waals surface area contributed by atoms with E-state index in [1.165, 1.54) is 18.2 Å². The number of nitrogens with zero attached hydrogens (tertiary/aromatic N) is 3. The van der Waals surface area contributed by atoms with Crippen LogP contribution in [0.25, 0.3) is 11.3 Å². The van der Waals surface area contributed by atoms with Gasteiger partial charge in [0.05, 0.1) is 25.7 Å². The van der Waals surface area contributed by atoms with E-state index in [0.29, 0.717) is 23.2 Å². The first-order valence-corrected chi connectivity index (χ1v) is 10.1. The van der Waals surface area contributed by atoms with Crippen LogP contribution in [-0.4, -0.2) is 54.1 Å². The second kappa shape index (κ2) is 9.08. The smallest absolute Gasteiger partial charge is 0.232 e. The monoisotopic (exact) mass is 387 g/mol. The van der Waals surface area contributed by atoms with Crippen LogP contribution < -0.4 is 9.47 Å². The van der Waals surface area contributed by atoms with Crippen molar-refractivity contribution < 1.29 is 14.3 Å². The standard InChI is InChI=1S/C20H25N3O3S/c1-14-5-4-10-23(12-14)20(24)13-27-19-9-7-16(21-22-19)15-6-8-17(25-2)18(11-15)26-3/h6-9,11,14H,4-5,10,12-13H2,1-3H3/t14-/m0/s1. The highest BCUT2D eigenvalue weighted by Gasteiger charge is 2.21. The van der Waals surface area contributed by atoms with Gasteiger partial charge in [-0.1, -0.05) is 18.7 Å². The number of carbonyl (C=O) groups is 1. The SMILES string of the molecule is COc1ccc(-c2ccc(SCC(=O)N3CCC[C@H](C)C3)nn2)cc1OC. The number of likely N-dealkylation sites (tertiary alicyclic amines) is 1. The number of thioether (sulfide) groups is 1. The van der Waals surface area contributed by atoms with Crippen molar-refractivity contribution in [3.63, 3.8) is 0 Å². The molecular weight excluding hydrogens is 362 g/mol. The number of aromatic nitrogens is 2. The summed E-state index contributed by atoms with van der Waals surface area (Å²) in [5.74, 6) is 2.49. The van der Waals surface area contributed by atoms with Crippen molar-refractivity contribution in [1.82, 2.24) is 15.1 Å². The summed E-state index contributed by atoms with van der Waals surface area (Å²) in [5.41, 5.74) is 1.64. The summed E-state index contributed by atoms with van der Waals surface area (Å²) >= 11 is 1.43. The van der Waals surface area contributed by atoms with Crippen LogP contribution in [0.1, 0.15) is 19.8 Å². The lowest BCUT2D eigenvalue weighted by Gasteiger charge is -2.30. The second-order valence-corrected chi connectivity index (χ2v) is 7.70. The van der Waals surface area contributed by atoms with E-state index in [9.17, 15) is 4.79 Å². The van der Waals surface area contributed by atoms with Crippen molar-refractivity contribution in [2.45, 2.75) is 24.8 Å². The molecule has 1 fully saturated rings. The van der Waals surface area contributed by atoms with E-state index in [1.807, 2.05) is 35.2 Å². The molecule has 0 N–H and O–H groups in total. The molecule has 1 aromatic heterocycles. The number of piperidine rings is 1. The van der Waals surface area contributed by atoms with Gasteiger partial charge in [0.2, 0.25) is 5.91 Å². The Balaban J connectivity index is 1.61. The van der Waals surface area contributed by atoms with Crippen LogP contribution in [0.5, 0.6) is 11.5 Å². The maximum atomic E-state index is 12.4. The molecule has 2 heterocycles. The van der Waals surface area contributed by atoms with E-state index in [-0.39, 0.29) is 5.91 Å². The molecule has 1 aromatic carbocycles. The maximum absolute atomic E-state index is 12.4. The third kappa shape index (κ3) is 4.91. The quantitative estimate of drug-likeness (QED) is 0.707. The summed E-state index contributed by atoms with van der Waals surface area (Å²) in [6.45, 7) is 3.93. The topological polar surface area (TPSA) is 64.5 Å². The van der Waals surface area contributed by atoms with Crippen molar-refractivity contribution in [3.8, 4) is 22.8 Å². The average molecular weight is 388 g/mol. The lowest BCUT2D eigenvalue weighted by atomic mass is 10.0. The van der Waals surface area contributed by atoms with Gasteiger partial charge in [-0.25, -0.2) is 0 Å². The molecular formula is C20H25N3O3S. The van der Waals surface area contributed by atoms with Crippen LogP contribution >= 0.6 is 11.8 Å². The molecule has 0 aliphatic carbocycles. The molecule has 0 spiro atoms. The molecule has 1 aliphatic rings. The number of methoxy groups -OCH3 is 2. The Labute approximate surface area is 164 Å². The fourth-order valence-corrected chi connectivity index (χ4v) is 3.91. The van der Waals surface area contributed by atoms with Crippen molar-refractivity contribution >= 4 is 17.7 Å². The summed E-state index contributed by atoms with van der Waals surface area (Å²) in [5, 5.41) is 9.29. The Hall–Kier alpha value is -2.28. The van der Waals surface area contributed by atoms with Crippen LogP contribution in [-0.2, 0) is 4.79 Å². The normalized spacial score (nSPS) is 16.9. The number of benzene rings is 1. The lowest BCUT2D eigenvalue weighted by molar-refractivity contribution is -0.130. The molecule has 3 rings (SSSR count). The Morgan fingerprint density at radius 1 is 1.19 bits per heavy atom. The highest BCUT2D eigenvalue weighted by Crippen LogP contribution is 2.31. The fourth-order valence-electron chi connectivity index (χ4n) is 3.19. The summed E-state index contributed by atoms with van der Waals surface area (Å²) in [4.78, 5) is 14.3. The summed E-state index contributed by atoms with van der Waals surface area (Å²) in [7, 11) is 3.21. The molecule has 7 heteroatoms. The molecule has 1 saturated heterocycles. The van der Waals surface area contributed by atoms with Gasteiger partial charge in [-0.3, -0.25) is 4.79 Å². The Morgan fingerprint density at radius 3 is 2.67 bits per heavy atom. The van der Waals surface area contributed by atoms with Gasteiger partial charge in [-0.15, -0.1) is 10.2 Å². The van der Waals surface area contributed by atoms with Crippen LogP contribution in [0.2, 0.25) is 0 Å². The molecule has 144 valence electrons. The molecule has 0 saturated carbocycles. The minimum Gasteiger partial charge on any atom is -0.493 e. The van der Waals surface area contributed by atoms with E-state index < -0.39 is 0 Å². The number of hydrogen-bond acceptors (Lipinski definition) is 6. The third-order valence-corrected chi connectivity index (χ3v) is 5.58. The zero-order chi connectivity index (χ0) is 19.2. The van der Waals surface area contributed by atoms with Gasteiger partial charge in [-0.2, -0.15) is 0 Å². The van der Waals surface area contributed by atoms with Gasteiger partial charge in [0.1, 0.15) is 5.03 Å². The third-order valence-electron chi connectivity index (χ3n) is 4.67. The predicted molar refractivity (Wildman–Crippen MR) is 106 cm³/mol. The van der Waals surface area contributed by atoms with Gasteiger partial charge >= 0.3 is 0 Å². The largest absolute Gasteiger partial charge is 0.493 e. The summed E-state index contributed by atoms with van der Waals surface area (Å²) in [6.07, 6.45) is 2.30. The van der Waals surface area contributed by atoms with Crippen LogP contribution in [0.4, 0.5) is 0 Å². The van der Waals surface area contributed by atoms with Gasteiger partial charge in [-0.05, 0) is 49.1 Å². The number of carbonyl (C=O) groups excluding carboxylic acids is 1. The van der Waals surface area contributed by atoms with E-state index in [1.54, 1.807) is 14.2 Å². The van der Waals surface area contributed by atoms with E-state index in [2.05, 4.69) is 17.1 Å². The van der Waals surface area contributed by atoms with Gasteiger partial charge in [0.25, 0.3) is 0 Å². The van der Waals surface area contributed by atoms with E-state index in [4.69, 9.17) is 9.47 Å². The van der Waals surface area contributed by atoms with Crippen molar-refractivity contribution in [3.05, 3.63) is 30.3 Å². The highest BCUT2D eigenvalue weighted by molar-refractivity contribution is 7.99. The maximum Gasteiger partial charge on any atom is 0.232 e. The fraction of sp³-hybridized carbons (Fsp3) is 0.450. The number of rotatable bonds is 6. The molecule has 1 amide bonds. The van der Waals surface area contributed by atoms with Crippen molar-refractivity contribution in [2.75, 3.05) is 33.1 Å². The molecule has 1 aliphatic heterocycles. The molecule has 0 bridgehead atoms. The minimum atomic E-state index is 0.178. The van der Waals surface area contributed by atoms with Crippen LogP contribution in [0, 0.1) is 5.92 Å². The second-order valence-electron chi connectivity index (χ2n) is 6.70. The first-order chi connectivity index (χ1) is 13.1. The minimum absolute atomic E-state index is 0.178. The Kier molecular flexibility index (Phi) is 6.55. The van der Waals surface area contributed by atoms with Crippen LogP contribution in [0.15, 0.2) is 35.4 Å². The molecule has 0 radical (unpaired) electrons. The highest BCUT2D eigenvalue weighted by atomic mass is 32.2. The number of amides is 1. The number of hydrogen-bond donors (Lipinski definition) is 0. The van der Waals surface area contributed by atoms with Crippen molar-refractivity contribution in [2.24, 2.45) is 5.92 Å². The van der Waals surface area contributed by atoms with Gasteiger partial charge in [0, 0.05) is 18.7 Å². The summed E-state index contributed by atoms with van der Waals surface area (Å²) in [6, 6.07) is 9.44. The van der Waals surface area contributed by atoms with Crippen molar-refractivity contribution in [1.29, 1.82) is 0 Å². The lowest BCUT2D eigenvalue weighted by Crippen LogP contribution is -2.40. The van der Waals surface area contributed by atoms with Crippen LogP contribution in [0.3, 0.4) is 0 Å². The Morgan fingerprint density at radius 2 is 2.00 bits per heavy atom.